The van der Waals surface area contributed by atoms with Gasteiger partial charge in [0, 0.05) is 19.6 Å². The zero-order valence-corrected chi connectivity index (χ0v) is 12.0. The monoisotopic (exact) mass is 265 g/mol. The fraction of sp³-hybridized carbons (Fsp3) is 0.714. The number of piperidine rings is 1. The normalized spacial score (nSPS) is 24.6. The molecule has 0 radical (unpaired) electrons. The SMILES string of the molecule is CCn1nc(C)cc1CN1CCCC(C)(C(=O)O)C1. The number of aliphatic carboxylic acids is 1. The first kappa shape index (κ1) is 14.1. The number of rotatable bonds is 4. The molecule has 0 saturated carbocycles. The Balaban J connectivity index is 2.08. The second-order valence-electron chi connectivity index (χ2n) is 5.77. The maximum absolute atomic E-state index is 11.4. The molecule has 0 aliphatic carbocycles. The Labute approximate surface area is 114 Å². The Kier molecular flexibility index (Phi) is 3.94. The molecular weight excluding hydrogens is 242 g/mol. The van der Waals surface area contributed by atoms with Crippen LogP contribution in [0.4, 0.5) is 0 Å². The van der Waals surface area contributed by atoms with Gasteiger partial charge in [-0.15, -0.1) is 0 Å². The summed E-state index contributed by atoms with van der Waals surface area (Å²) in [6.07, 6.45) is 1.72. The predicted molar refractivity (Wildman–Crippen MR) is 72.9 cm³/mol. The van der Waals surface area contributed by atoms with Crippen molar-refractivity contribution in [1.29, 1.82) is 0 Å². The van der Waals surface area contributed by atoms with Crippen LogP contribution in [0.2, 0.25) is 0 Å². The van der Waals surface area contributed by atoms with Crippen LogP contribution in [0, 0.1) is 12.3 Å². The fourth-order valence-electron chi connectivity index (χ4n) is 2.88. The Morgan fingerprint density at radius 3 is 2.95 bits per heavy atom. The van der Waals surface area contributed by atoms with E-state index in [0.29, 0.717) is 6.54 Å². The van der Waals surface area contributed by atoms with Crippen LogP contribution >= 0.6 is 0 Å². The molecule has 0 bridgehead atoms. The molecule has 1 N–H and O–H groups in total. The quantitative estimate of drug-likeness (QED) is 0.903. The van der Waals surface area contributed by atoms with E-state index in [1.807, 2.05) is 18.5 Å². The number of hydrogen-bond acceptors (Lipinski definition) is 3. The standard InChI is InChI=1S/C14H23N3O2/c1-4-17-12(8-11(2)15-17)9-16-7-5-6-14(3,10-16)13(18)19/h8H,4-7,9-10H2,1-3H3,(H,18,19). The van der Waals surface area contributed by atoms with Gasteiger partial charge in [-0.05, 0) is 46.2 Å². The lowest BCUT2D eigenvalue weighted by molar-refractivity contribution is -0.151. The maximum Gasteiger partial charge on any atom is 0.310 e. The largest absolute Gasteiger partial charge is 0.481 e. The summed E-state index contributed by atoms with van der Waals surface area (Å²) in [5.74, 6) is -0.683. The highest BCUT2D eigenvalue weighted by atomic mass is 16.4. The number of carboxylic acid groups (broad SMARTS) is 1. The minimum absolute atomic E-state index is 0.607. The van der Waals surface area contributed by atoms with Gasteiger partial charge in [0.25, 0.3) is 0 Å². The number of aryl methyl sites for hydroxylation is 2. The van der Waals surface area contributed by atoms with E-state index < -0.39 is 11.4 Å². The van der Waals surface area contributed by atoms with E-state index in [4.69, 9.17) is 0 Å². The first-order chi connectivity index (χ1) is 8.94. The van der Waals surface area contributed by atoms with Crippen LogP contribution in [0.25, 0.3) is 0 Å². The summed E-state index contributed by atoms with van der Waals surface area (Å²) in [6, 6.07) is 2.09. The van der Waals surface area contributed by atoms with Crippen molar-refractivity contribution in [3.05, 3.63) is 17.5 Å². The van der Waals surface area contributed by atoms with Crippen LogP contribution in [-0.4, -0.2) is 38.8 Å². The molecule has 1 aliphatic rings. The third-order valence-electron chi connectivity index (χ3n) is 3.96. The molecule has 1 saturated heterocycles. The minimum atomic E-state index is -0.683. The molecule has 5 nitrogen and oxygen atoms in total. The smallest absolute Gasteiger partial charge is 0.310 e. The van der Waals surface area contributed by atoms with Crippen LogP contribution in [0.5, 0.6) is 0 Å². The van der Waals surface area contributed by atoms with Crippen molar-refractivity contribution in [2.45, 2.75) is 46.7 Å². The molecule has 1 aliphatic heterocycles. The lowest BCUT2D eigenvalue weighted by Gasteiger charge is -2.37. The van der Waals surface area contributed by atoms with Gasteiger partial charge in [0.1, 0.15) is 0 Å². The van der Waals surface area contributed by atoms with Gasteiger partial charge in [0.15, 0.2) is 0 Å². The summed E-state index contributed by atoms with van der Waals surface area (Å²) in [6.45, 7) is 9.16. The molecule has 1 fully saturated rings. The van der Waals surface area contributed by atoms with Gasteiger partial charge in [-0.3, -0.25) is 14.4 Å². The third kappa shape index (κ3) is 2.97. The molecule has 0 amide bonds. The Bertz CT molecular complexity index is 469. The summed E-state index contributed by atoms with van der Waals surface area (Å²) in [5.41, 5.74) is 1.59. The van der Waals surface area contributed by atoms with Crippen molar-refractivity contribution < 1.29 is 9.90 Å². The molecule has 1 aromatic rings. The number of carboxylic acids is 1. The highest BCUT2D eigenvalue weighted by Crippen LogP contribution is 2.30. The van der Waals surface area contributed by atoms with Crippen LogP contribution < -0.4 is 0 Å². The minimum Gasteiger partial charge on any atom is -0.481 e. The summed E-state index contributed by atoms with van der Waals surface area (Å²) >= 11 is 0. The van der Waals surface area contributed by atoms with Crippen molar-refractivity contribution in [1.82, 2.24) is 14.7 Å². The van der Waals surface area contributed by atoms with Crippen LogP contribution in [-0.2, 0) is 17.9 Å². The number of aromatic nitrogens is 2. The van der Waals surface area contributed by atoms with Crippen LogP contribution in [0.15, 0.2) is 6.07 Å². The molecule has 0 aromatic carbocycles. The fourth-order valence-corrected chi connectivity index (χ4v) is 2.88. The molecule has 1 unspecified atom stereocenters. The number of hydrogen-bond donors (Lipinski definition) is 1. The lowest BCUT2D eigenvalue weighted by atomic mass is 9.82. The van der Waals surface area contributed by atoms with Crippen molar-refractivity contribution in [2.75, 3.05) is 13.1 Å². The van der Waals surface area contributed by atoms with E-state index in [2.05, 4.69) is 23.0 Å². The molecule has 0 spiro atoms. The summed E-state index contributed by atoms with van der Waals surface area (Å²) in [5, 5.41) is 13.8. The van der Waals surface area contributed by atoms with E-state index in [1.54, 1.807) is 0 Å². The highest BCUT2D eigenvalue weighted by Gasteiger charge is 2.37. The van der Waals surface area contributed by atoms with Gasteiger partial charge in [0.2, 0.25) is 0 Å². The first-order valence-corrected chi connectivity index (χ1v) is 6.93. The number of nitrogens with zero attached hydrogens (tertiary/aromatic N) is 3. The molecule has 5 heteroatoms. The van der Waals surface area contributed by atoms with Crippen LogP contribution in [0.1, 0.15) is 38.1 Å². The molecular formula is C14H23N3O2. The van der Waals surface area contributed by atoms with Gasteiger partial charge in [-0.2, -0.15) is 5.10 Å². The number of likely N-dealkylation sites (tertiary alicyclic amines) is 1. The Hall–Kier alpha value is -1.36. The van der Waals surface area contributed by atoms with Gasteiger partial charge in [-0.1, -0.05) is 0 Å². The van der Waals surface area contributed by atoms with E-state index in [0.717, 1.165) is 38.2 Å². The van der Waals surface area contributed by atoms with Crippen molar-refractivity contribution in [3.8, 4) is 0 Å². The van der Waals surface area contributed by atoms with Crippen molar-refractivity contribution in [2.24, 2.45) is 5.41 Å². The molecule has 1 aromatic heterocycles. The van der Waals surface area contributed by atoms with E-state index in [-0.39, 0.29) is 0 Å². The number of carbonyl (C=O) groups is 1. The zero-order chi connectivity index (χ0) is 14.0. The summed E-state index contributed by atoms with van der Waals surface area (Å²) in [4.78, 5) is 13.6. The maximum atomic E-state index is 11.4. The Morgan fingerprint density at radius 2 is 2.32 bits per heavy atom. The van der Waals surface area contributed by atoms with Gasteiger partial charge in [0.05, 0.1) is 16.8 Å². The first-order valence-electron chi connectivity index (χ1n) is 6.93. The molecule has 1 atom stereocenters. The van der Waals surface area contributed by atoms with E-state index in [9.17, 15) is 9.90 Å². The second-order valence-corrected chi connectivity index (χ2v) is 5.77. The zero-order valence-electron chi connectivity index (χ0n) is 12.0. The van der Waals surface area contributed by atoms with Crippen molar-refractivity contribution >= 4 is 5.97 Å². The van der Waals surface area contributed by atoms with Gasteiger partial charge in [-0.25, -0.2) is 0 Å². The van der Waals surface area contributed by atoms with Crippen LogP contribution in [0.3, 0.4) is 0 Å². The predicted octanol–water partition coefficient (Wildman–Crippen LogP) is 1.90. The molecule has 19 heavy (non-hydrogen) atoms. The molecule has 2 rings (SSSR count). The highest BCUT2D eigenvalue weighted by molar-refractivity contribution is 5.74. The van der Waals surface area contributed by atoms with Gasteiger partial charge >= 0.3 is 5.97 Å². The lowest BCUT2D eigenvalue weighted by Crippen LogP contribution is -2.45. The topological polar surface area (TPSA) is 58.4 Å². The summed E-state index contributed by atoms with van der Waals surface area (Å²) < 4.78 is 2.00. The average molecular weight is 265 g/mol. The van der Waals surface area contributed by atoms with E-state index in [1.165, 1.54) is 5.69 Å². The second kappa shape index (κ2) is 5.33. The van der Waals surface area contributed by atoms with Crippen molar-refractivity contribution in [3.63, 3.8) is 0 Å². The van der Waals surface area contributed by atoms with E-state index >= 15 is 0 Å². The Morgan fingerprint density at radius 1 is 1.58 bits per heavy atom. The average Bonchev–Trinajstić information content (AvgIpc) is 2.69. The van der Waals surface area contributed by atoms with Gasteiger partial charge < -0.3 is 5.11 Å². The third-order valence-corrected chi connectivity index (χ3v) is 3.96. The summed E-state index contributed by atoms with van der Waals surface area (Å²) in [7, 11) is 0. The molecule has 106 valence electrons. The molecule has 2 heterocycles.